The number of ketones is 1. The molecule has 6 aliphatic rings. The predicted molar refractivity (Wildman–Crippen MR) is 295 cm³/mol. The smallest absolute Gasteiger partial charge is 0.410 e. The van der Waals surface area contributed by atoms with Crippen LogP contribution in [-0.4, -0.2) is 160 Å². The number of methoxy groups -OCH3 is 2. The van der Waals surface area contributed by atoms with E-state index in [9.17, 15) is 29.1 Å². The van der Waals surface area contributed by atoms with Crippen LogP contribution in [0.15, 0.2) is 34.5 Å². The van der Waals surface area contributed by atoms with Crippen molar-refractivity contribution in [3.05, 3.63) is 63.9 Å². The van der Waals surface area contributed by atoms with Crippen molar-refractivity contribution in [1.29, 1.82) is 0 Å². The lowest BCUT2D eigenvalue weighted by Crippen LogP contribution is -2.50. The highest BCUT2D eigenvalue weighted by Crippen LogP contribution is 2.44. The molecule has 8 rings (SSSR count). The van der Waals surface area contributed by atoms with E-state index in [2.05, 4.69) is 4.99 Å². The number of rotatable bonds is 15. The van der Waals surface area contributed by atoms with Gasteiger partial charge in [-0.15, -0.1) is 0 Å². The number of Topliss-reactive ketones (excluding diaryl/α,β-unsaturated/α-hetero) is 1. The lowest BCUT2D eigenvalue weighted by molar-refractivity contribution is -0.139. The number of benzene rings is 2. The number of amides is 2. The first-order chi connectivity index (χ1) is 38.3. The second-order valence-electron chi connectivity index (χ2n) is 22.7. The minimum Gasteiger partial charge on any atom is -0.506 e. The maximum absolute atomic E-state index is 15.8. The standard InChI is InChI=1S/C28H37F2N3O6.C27H36F2N2O7.C3H7N/c1-6-38-26(35)19(13-31-17-9-10-17)24(34)18-12-20(29)23(25(37-5)22(18)30)32-14-16-8-7-11-33(21(16)15-32)27(36)39-28(2,3)4;1-7-36-15-18(25(33)37-8-2)23(32)17-12-19(28)22(24(35-6)21(17)29)30-13-16-10-9-11-31(20(16)14-30)26(34)38-27(3,4)5;4-3-1-2-3/h12-13,16-17,21,34H,6-11,14-15H2,1-5H3;12,15-16,20H,7-11,13-14H2,1-6H3;3H,1-2,4H2/b;18-15-;/t16-,21+;16-,20+;/m00./s1. The van der Waals surface area contributed by atoms with Crippen molar-refractivity contribution in [3.63, 3.8) is 0 Å². The molecule has 2 saturated carbocycles. The number of carbonyl (C=O) groups excluding carboxylic acids is 5. The van der Waals surface area contributed by atoms with Gasteiger partial charge in [0.25, 0.3) is 0 Å². The minimum atomic E-state index is -1.11. The Kier molecular flexibility index (Phi) is 21.4. The number of anilines is 2. The summed E-state index contributed by atoms with van der Waals surface area (Å²) < 4.78 is 99.4. The summed E-state index contributed by atoms with van der Waals surface area (Å²) in [5, 5.41) is 10.9. The van der Waals surface area contributed by atoms with Crippen molar-refractivity contribution < 1.29 is 79.8 Å². The topological polar surface area (TPSA) is 222 Å². The average Bonchev–Trinajstić information content (AvgIpc) is 4.39. The zero-order chi connectivity index (χ0) is 59.7. The number of aliphatic imine (C=N–C) groups is 1. The number of ether oxygens (including phenoxy) is 7. The Labute approximate surface area is 471 Å². The van der Waals surface area contributed by atoms with E-state index in [4.69, 9.17) is 38.9 Å². The molecule has 4 aliphatic heterocycles. The number of aliphatic hydroxyl groups is 1. The molecule has 0 bridgehead atoms. The van der Waals surface area contributed by atoms with Crippen LogP contribution in [0.25, 0.3) is 5.76 Å². The molecule has 0 radical (unpaired) electrons. The number of likely N-dealkylation sites (tertiary alicyclic amines) is 2. The SMILES string of the molecule is CCO/C=C(\C(=O)OCC)C(=O)c1cc(F)c(N2C[C@@H]3CCCN(C(=O)OC(C)(C)C)[C@@H]3C2)c(OC)c1F.CCOC(=O)C(C=NC1CC1)=C(O)c1cc(F)c(N2C[C@@H]3CCCN(C(=O)OC(C)(C)C)[C@@H]3C2)c(OC)c1F.NC1CC1. The molecule has 2 aliphatic carbocycles. The van der Waals surface area contributed by atoms with Crippen LogP contribution in [0.2, 0.25) is 0 Å². The van der Waals surface area contributed by atoms with Crippen molar-refractivity contribution in [2.24, 2.45) is 22.6 Å². The Morgan fingerprint density at radius 1 is 0.667 bits per heavy atom. The molecule has 2 amide bonds. The molecule has 0 spiro atoms. The molecule has 4 heterocycles. The third-order valence-corrected chi connectivity index (χ3v) is 14.1. The number of nitrogens with two attached hydrogens (primary N) is 1. The van der Waals surface area contributed by atoms with Crippen molar-refractivity contribution in [2.45, 2.75) is 149 Å². The Hall–Kier alpha value is -6.78. The summed E-state index contributed by atoms with van der Waals surface area (Å²) in [4.78, 5) is 74.5. The van der Waals surface area contributed by atoms with Gasteiger partial charge in [-0.1, -0.05) is 0 Å². The maximum atomic E-state index is 15.8. The van der Waals surface area contributed by atoms with Crippen LogP contribution in [0, 0.1) is 35.1 Å². The molecule has 23 heteroatoms. The van der Waals surface area contributed by atoms with Crippen LogP contribution in [-0.2, 0) is 33.3 Å². The molecular formula is C58H80F4N6O13. The number of esters is 2. The van der Waals surface area contributed by atoms with E-state index in [1.165, 1.54) is 27.1 Å². The number of hydrogen-bond acceptors (Lipinski definition) is 17. The summed E-state index contributed by atoms with van der Waals surface area (Å²) in [6.45, 7) is 18.0. The zero-order valence-corrected chi connectivity index (χ0v) is 48.5. The zero-order valence-electron chi connectivity index (χ0n) is 48.5. The van der Waals surface area contributed by atoms with Crippen molar-refractivity contribution in [2.75, 3.05) is 83.1 Å². The summed E-state index contributed by atoms with van der Waals surface area (Å²) in [5.41, 5.74) is 1.50. The van der Waals surface area contributed by atoms with Gasteiger partial charge in [0.2, 0.25) is 5.78 Å². The second-order valence-corrected chi connectivity index (χ2v) is 22.7. The van der Waals surface area contributed by atoms with Gasteiger partial charge in [-0.3, -0.25) is 9.79 Å². The van der Waals surface area contributed by atoms with Crippen LogP contribution >= 0.6 is 0 Å². The van der Waals surface area contributed by atoms with Crippen molar-refractivity contribution >= 4 is 53.3 Å². The molecule has 0 unspecified atom stereocenters. The lowest BCUT2D eigenvalue weighted by Gasteiger charge is -2.37. The van der Waals surface area contributed by atoms with E-state index in [1.807, 2.05) is 0 Å². The maximum Gasteiger partial charge on any atom is 0.410 e. The van der Waals surface area contributed by atoms with Gasteiger partial charge in [0.1, 0.15) is 45.7 Å². The monoisotopic (exact) mass is 1140 g/mol. The summed E-state index contributed by atoms with van der Waals surface area (Å²) in [6.07, 6.45) is 8.57. The van der Waals surface area contributed by atoms with Crippen LogP contribution in [0.1, 0.15) is 130 Å². The first kappa shape index (κ1) is 63.4. The van der Waals surface area contributed by atoms with Gasteiger partial charge >= 0.3 is 24.1 Å². The molecular weight excluding hydrogens is 1060 g/mol. The largest absolute Gasteiger partial charge is 0.506 e. The highest BCUT2D eigenvalue weighted by atomic mass is 19.1. The van der Waals surface area contributed by atoms with Gasteiger partial charge in [0.15, 0.2) is 34.8 Å². The van der Waals surface area contributed by atoms with E-state index in [-0.39, 0.29) is 79.8 Å². The van der Waals surface area contributed by atoms with E-state index in [1.54, 1.807) is 81.9 Å². The van der Waals surface area contributed by atoms with Crippen LogP contribution in [0.4, 0.5) is 38.5 Å². The molecule has 81 heavy (non-hydrogen) atoms. The van der Waals surface area contributed by atoms with Gasteiger partial charge < -0.3 is 63.6 Å². The van der Waals surface area contributed by atoms with Crippen LogP contribution in [0.3, 0.4) is 0 Å². The number of hydrogen-bond donors (Lipinski definition) is 2. The quantitative estimate of drug-likeness (QED) is 0.0195. The molecule has 2 aromatic carbocycles. The highest BCUT2D eigenvalue weighted by molar-refractivity contribution is 6.24. The first-order valence-corrected chi connectivity index (χ1v) is 27.8. The van der Waals surface area contributed by atoms with E-state index < -0.39 is 98.3 Å². The van der Waals surface area contributed by atoms with Gasteiger partial charge in [0, 0.05) is 51.5 Å². The average molecular weight is 1150 g/mol. The predicted octanol–water partition coefficient (Wildman–Crippen LogP) is 9.46. The van der Waals surface area contributed by atoms with Gasteiger partial charge in [-0.05, 0) is 138 Å². The summed E-state index contributed by atoms with van der Waals surface area (Å²) in [6, 6.07) is 1.72. The molecule has 0 aromatic heterocycles. The summed E-state index contributed by atoms with van der Waals surface area (Å²) >= 11 is 0. The number of piperidine rings is 2. The highest BCUT2D eigenvalue weighted by Gasteiger charge is 2.46. The van der Waals surface area contributed by atoms with Gasteiger partial charge in [-0.25, -0.2) is 36.7 Å². The molecule has 6 fully saturated rings. The normalized spacial score (nSPS) is 21.1. The summed E-state index contributed by atoms with van der Waals surface area (Å²) in [7, 11) is 2.39. The number of carbonyl (C=O) groups is 5. The molecule has 4 atom stereocenters. The van der Waals surface area contributed by atoms with Crippen molar-refractivity contribution in [3.8, 4) is 11.5 Å². The van der Waals surface area contributed by atoms with Gasteiger partial charge in [0.05, 0.1) is 63.3 Å². The number of aliphatic hydroxyl groups excluding tert-OH is 1. The van der Waals surface area contributed by atoms with Crippen LogP contribution < -0.4 is 25.0 Å². The molecule has 3 N–H and O–H groups in total. The fraction of sp³-hybridized carbons (Fsp3) is 0.621. The third kappa shape index (κ3) is 16.0. The Bertz CT molecular complexity index is 2720. The Balaban J connectivity index is 0.000000244. The molecule has 448 valence electrons. The van der Waals surface area contributed by atoms with E-state index in [0.717, 1.165) is 63.1 Å². The fourth-order valence-electron chi connectivity index (χ4n) is 10.1. The molecule has 4 saturated heterocycles. The van der Waals surface area contributed by atoms with E-state index >= 15 is 17.6 Å². The second kappa shape index (κ2) is 27.3. The molecule has 19 nitrogen and oxygen atoms in total. The van der Waals surface area contributed by atoms with E-state index in [0.29, 0.717) is 32.2 Å². The fourth-order valence-corrected chi connectivity index (χ4v) is 10.1. The number of fused-ring (bicyclic) bond motifs is 2. The summed E-state index contributed by atoms with van der Waals surface area (Å²) in [5.74, 6) is -8.45. The minimum absolute atomic E-state index is 0.0215. The number of nitrogens with zero attached hydrogens (tertiary/aromatic N) is 5. The first-order valence-electron chi connectivity index (χ1n) is 27.8. The van der Waals surface area contributed by atoms with Gasteiger partial charge in [-0.2, -0.15) is 0 Å². The Morgan fingerprint density at radius 3 is 1.52 bits per heavy atom. The number of halogens is 4. The third-order valence-electron chi connectivity index (χ3n) is 14.1. The Morgan fingerprint density at radius 2 is 1.11 bits per heavy atom. The van der Waals surface area contributed by atoms with Crippen molar-refractivity contribution in [1.82, 2.24) is 9.80 Å². The lowest BCUT2D eigenvalue weighted by atomic mass is 9.92. The molecule has 2 aromatic rings. The van der Waals surface area contributed by atoms with Crippen LogP contribution in [0.5, 0.6) is 11.5 Å².